The van der Waals surface area contributed by atoms with Gasteiger partial charge in [-0.2, -0.15) is 0 Å². The van der Waals surface area contributed by atoms with Crippen LogP contribution in [-0.2, 0) is 0 Å². The zero-order chi connectivity index (χ0) is 10.8. The lowest BCUT2D eigenvalue weighted by Crippen LogP contribution is -2.09. The van der Waals surface area contributed by atoms with Crippen LogP contribution in [0.2, 0.25) is 5.02 Å². The molecule has 0 bridgehead atoms. The van der Waals surface area contributed by atoms with Crippen LogP contribution < -0.4 is 5.73 Å². The number of carbonyl (C=O) groups excluding carboxylic acids is 1. The third-order valence-electron chi connectivity index (χ3n) is 1.84. The summed E-state index contributed by atoms with van der Waals surface area (Å²) in [6.07, 6.45) is 1.30. The van der Waals surface area contributed by atoms with Gasteiger partial charge in [-0.05, 0) is 24.3 Å². The fraction of sp³-hybridized carbons (Fsp3) is 0. The highest BCUT2D eigenvalue weighted by Crippen LogP contribution is 2.20. The lowest BCUT2D eigenvalue weighted by atomic mass is 10.2. The van der Waals surface area contributed by atoms with Crippen LogP contribution in [0.4, 0.5) is 0 Å². The molecule has 0 saturated carbocycles. The molecular weight excluding hydrogens is 216 g/mol. The minimum absolute atomic E-state index is 0.0416. The molecule has 0 radical (unpaired) electrons. The Morgan fingerprint density at radius 2 is 2.00 bits per heavy atom. The van der Waals surface area contributed by atoms with Crippen molar-refractivity contribution in [3.63, 3.8) is 0 Å². The third kappa shape index (κ3) is 1.99. The highest BCUT2D eigenvalue weighted by Gasteiger charge is 2.09. The maximum atomic E-state index is 10.8. The van der Waals surface area contributed by atoms with Crippen LogP contribution in [0.15, 0.2) is 34.9 Å². The van der Waals surface area contributed by atoms with Gasteiger partial charge in [-0.15, -0.1) is 0 Å². The summed E-state index contributed by atoms with van der Waals surface area (Å²) in [5.41, 5.74) is 5.78. The second kappa shape index (κ2) is 3.74. The number of nitrogens with two attached hydrogens (primary N) is 1. The summed E-state index contributed by atoms with van der Waals surface area (Å²) in [7, 11) is 0. The molecule has 2 N–H and O–H groups in total. The third-order valence-corrected chi connectivity index (χ3v) is 2.09. The van der Waals surface area contributed by atoms with Crippen molar-refractivity contribution in [1.29, 1.82) is 0 Å². The Kier molecular flexibility index (Phi) is 2.43. The Balaban J connectivity index is 2.37. The molecule has 4 nitrogen and oxygen atoms in total. The maximum absolute atomic E-state index is 10.8. The molecule has 0 fully saturated rings. The fourth-order valence-electron chi connectivity index (χ4n) is 1.11. The zero-order valence-electron chi connectivity index (χ0n) is 7.61. The van der Waals surface area contributed by atoms with Gasteiger partial charge in [0.15, 0.2) is 0 Å². The quantitative estimate of drug-likeness (QED) is 0.846. The van der Waals surface area contributed by atoms with Gasteiger partial charge in [-0.3, -0.25) is 4.79 Å². The molecule has 0 atom stereocenters. The molecule has 0 aliphatic heterocycles. The van der Waals surface area contributed by atoms with Crippen LogP contribution in [0.25, 0.3) is 11.5 Å². The number of amides is 1. The normalized spacial score (nSPS) is 10.2. The molecule has 0 saturated heterocycles. The van der Waals surface area contributed by atoms with Gasteiger partial charge < -0.3 is 10.2 Å². The van der Waals surface area contributed by atoms with E-state index in [9.17, 15) is 4.79 Å². The number of hydrogen-bond acceptors (Lipinski definition) is 3. The van der Waals surface area contributed by atoms with Crippen LogP contribution in [-0.4, -0.2) is 10.9 Å². The number of benzene rings is 1. The van der Waals surface area contributed by atoms with Gasteiger partial charge in [0, 0.05) is 10.6 Å². The van der Waals surface area contributed by atoms with Crippen LogP contribution in [0.5, 0.6) is 0 Å². The Morgan fingerprint density at radius 3 is 2.53 bits per heavy atom. The number of oxazole rings is 1. The van der Waals surface area contributed by atoms with E-state index in [2.05, 4.69) is 4.98 Å². The molecule has 0 spiro atoms. The first kappa shape index (κ1) is 9.73. The number of rotatable bonds is 2. The predicted octanol–water partition coefficient (Wildman–Crippen LogP) is 2.09. The lowest BCUT2D eigenvalue weighted by molar-refractivity contribution is 0.0975. The topological polar surface area (TPSA) is 69.1 Å². The molecule has 1 aromatic heterocycles. The first-order valence-electron chi connectivity index (χ1n) is 4.18. The molecule has 0 aliphatic carbocycles. The van der Waals surface area contributed by atoms with Gasteiger partial charge in [-0.25, -0.2) is 4.98 Å². The van der Waals surface area contributed by atoms with Crippen LogP contribution in [0.3, 0.4) is 0 Å². The molecule has 15 heavy (non-hydrogen) atoms. The van der Waals surface area contributed by atoms with Crippen molar-refractivity contribution < 1.29 is 9.21 Å². The van der Waals surface area contributed by atoms with Gasteiger partial charge in [0.1, 0.15) is 0 Å². The Labute approximate surface area is 90.7 Å². The summed E-state index contributed by atoms with van der Waals surface area (Å²) in [4.78, 5) is 14.7. The van der Waals surface area contributed by atoms with Crippen molar-refractivity contribution in [2.24, 2.45) is 5.73 Å². The van der Waals surface area contributed by atoms with E-state index in [1.54, 1.807) is 24.3 Å². The standard InChI is InChI=1S/C10H7ClN2O2/c11-7-3-1-6(2-4-7)10-13-5-8(15-10)9(12)14/h1-5H,(H2,12,14). The van der Waals surface area contributed by atoms with Gasteiger partial charge >= 0.3 is 0 Å². The number of halogens is 1. The molecule has 2 rings (SSSR count). The van der Waals surface area contributed by atoms with E-state index in [1.807, 2.05) is 0 Å². The van der Waals surface area contributed by atoms with Gasteiger partial charge in [0.25, 0.3) is 5.91 Å². The molecular formula is C10H7ClN2O2. The molecule has 2 aromatic rings. The number of nitrogens with zero attached hydrogens (tertiary/aromatic N) is 1. The number of aromatic nitrogens is 1. The molecule has 0 unspecified atom stereocenters. The van der Waals surface area contributed by atoms with Crippen LogP contribution >= 0.6 is 11.6 Å². The second-order valence-corrected chi connectivity index (χ2v) is 3.34. The van der Waals surface area contributed by atoms with Crippen molar-refractivity contribution in [2.75, 3.05) is 0 Å². The minimum Gasteiger partial charge on any atom is -0.431 e. The smallest absolute Gasteiger partial charge is 0.286 e. The van der Waals surface area contributed by atoms with Gasteiger partial charge in [0.05, 0.1) is 6.20 Å². The van der Waals surface area contributed by atoms with E-state index in [1.165, 1.54) is 6.20 Å². The highest BCUT2D eigenvalue weighted by molar-refractivity contribution is 6.30. The number of primary amides is 1. The van der Waals surface area contributed by atoms with Crippen molar-refractivity contribution in [2.45, 2.75) is 0 Å². The van der Waals surface area contributed by atoms with Gasteiger partial charge in [0.2, 0.25) is 11.7 Å². The summed E-state index contributed by atoms with van der Waals surface area (Å²) in [5.74, 6) is -0.247. The molecule has 0 aliphatic rings. The largest absolute Gasteiger partial charge is 0.431 e. The van der Waals surface area contributed by atoms with E-state index in [-0.39, 0.29) is 5.76 Å². The maximum Gasteiger partial charge on any atom is 0.286 e. The van der Waals surface area contributed by atoms with Crippen molar-refractivity contribution >= 4 is 17.5 Å². The Hall–Kier alpha value is -1.81. The molecule has 76 valence electrons. The van der Waals surface area contributed by atoms with Crippen molar-refractivity contribution in [3.05, 3.63) is 41.2 Å². The summed E-state index contributed by atoms with van der Waals surface area (Å²) < 4.78 is 5.14. The van der Waals surface area contributed by atoms with Crippen LogP contribution in [0, 0.1) is 0 Å². The highest BCUT2D eigenvalue weighted by atomic mass is 35.5. The second-order valence-electron chi connectivity index (χ2n) is 2.90. The SMILES string of the molecule is NC(=O)c1cnc(-c2ccc(Cl)cc2)o1. The average molecular weight is 223 g/mol. The van der Waals surface area contributed by atoms with E-state index >= 15 is 0 Å². The summed E-state index contributed by atoms with van der Waals surface area (Å²) >= 11 is 5.73. The molecule has 1 aromatic carbocycles. The number of hydrogen-bond donors (Lipinski definition) is 1. The molecule has 1 heterocycles. The summed E-state index contributed by atoms with van der Waals surface area (Å²) in [6.45, 7) is 0. The van der Waals surface area contributed by atoms with E-state index in [0.717, 1.165) is 5.56 Å². The summed E-state index contributed by atoms with van der Waals surface area (Å²) in [6, 6.07) is 6.92. The van der Waals surface area contributed by atoms with E-state index in [0.29, 0.717) is 10.9 Å². The molecule has 1 amide bonds. The first-order valence-corrected chi connectivity index (χ1v) is 4.56. The fourth-order valence-corrected chi connectivity index (χ4v) is 1.24. The average Bonchev–Trinajstić information content (AvgIpc) is 2.68. The molecule has 5 heteroatoms. The van der Waals surface area contributed by atoms with Crippen molar-refractivity contribution in [3.8, 4) is 11.5 Å². The number of carbonyl (C=O) groups is 1. The zero-order valence-corrected chi connectivity index (χ0v) is 8.36. The first-order chi connectivity index (χ1) is 7.16. The monoisotopic (exact) mass is 222 g/mol. The Bertz CT molecular complexity index is 490. The van der Waals surface area contributed by atoms with Gasteiger partial charge in [-0.1, -0.05) is 11.6 Å². The predicted molar refractivity (Wildman–Crippen MR) is 55.5 cm³/mol. The summed E-state index contributed by atoms with van der Waals surface area (Å²) in [5, 5.41) is 0.625. The Morgan fingerprint density at radius 1 is 1.33 bits per heavy atom. The van der Waals surface area contributed by atoms with Crippen molar-refractivity contribution in [1.82, 2.24) is 4.98 Å². The van der Waals surface area contributed by atoms with Crippen LogP contribution in [0.1, 0.15) is 10.6 Å². The minimum atomic E-state index is -0.636. The van der Waals surface area contributed by atoms with E-state index < -0.39 is 5.91 Å². The van der Waals surface area contributed by atoms with E-state index in [4.69, 9.17) is 21.8 Å². The lowest BCUT2D eigenvalue weighted by Gasteiger charge is -1.94.